The van der Waals surface area contributed by atoms with Crippen molar-refractivity contribution in [3.05, 3.63) is 48.2 Å². The first kappa shape index (κ1) is 18.7. The lowest BCUT2D eigenvalue weighted by atomic mass is 9.99. The first-order chi connectivity index (χ1) is 13.7. The number of nitrogens with zero attached hydrogens (tertiary/aromatic N) is 3. The third-order valence-corrected chi connectivity index (χ3v) is 5.62. The summed E-state index contributed by atoms with van der Waals surface area (Å²) in [6.07, 6.45) is 4.13. The number of anilines is 3. The van der Waals surface area contributed by atoms with Gasteiger partial charge in [0, 0.05) is 43.8 Å². The monoisotopic (exact) mass is 380 g/mol. The molecule has 6 heteroatoms. The van der Waals surface area contributed by atoms with Crippen molar-refractivity contribution in [1.29, 1.82) is 0 Å². The summed E-state index contributed by atoms with van der Waals surface area (Å²) in [5, 5.41) is 2.96. The van der Waals surface area contributed by atoms with Gasteiger partial charge in [-0.05, 0) is 55.2 Å². The molecule has 28 heavy (non-hydrogen) atoms. The number of rotatable bonds is 4. The van der Waals surface area contributed by atoms with Crippen LogP contribution in [0.3, 0.4) is 0 Å². The number of carbonyl (C=O) groups excluding carboxylic acids is 1. The Morgan fingerprint density at radius 2 is 1.71 bits per heavy atom. The molecule has 0 saturated carbocycles. The van der Waals surface area contributed by atoms with Gasteiger partial charge < -0.3 is 19.9 Å². The second-order valence-corrected chi connectivity index (χ2v) is 7.68. The van der Waals surface area contributed by atoms with Crippen molar-refractivity contribution in [2.75, 3.05) is 54.5 Å². The summed E-state index contributed by atoms with van der Waals surface area (Å²) in [4.78, 5) is 21.6. The van der Waals surface area contributed by atoms with Crippen molar-refractivity contribution >= 4 is 23.1 Å². The minimum Gasteiger partial charge on any atom is -0.378 e. The average Bonchev–Trinajstić information content (AvgIpc) is 2.76. The Hall–Kier alpha value is -2.60. The fraction of sp³-hybridized carbons (Fsp3) is 0.455. The molecular formula is C22H28N4O2. The van der Waals surface area contributed by atoms with Crippen molar-refractivity contribution in [2.24, 2.45) is 5.92 Å². The minimum atomic E-state index is -0.138. The molecule has 148 valence electrons. The number of piperidine rings is 1. The largest absolute Gasteiger partial charge is 0.378 e. The zero-order valence-electron chi connectivity index (χ0n) is 16.4. The van der Waals surface area contributed by atoms with Crippen LogP contribution in [0.2, 0.25) is 0 Å². The summed E-state index contributed by atoms with van der Waals surface area (Å²) in [5.74, 6) is 1.57. The molecule has 2 fully saturated rings. The van der Waals surface area contributed by atoms with Crippen LogP contribution in [0.5, 0.6) is 0 Å². The van der Waals surface area contributed by atoms with E-state index in [4.69, 9.17) is 4.74 Å². The molecular weight excluding hydrogens is 352 g/mol. The van der Waals surface area contributed by atoms with E-state index in [0.717, 1.165) is 56.8 Å². The predicted molar refractivity (Wildman–Crippen MR) is 112 cm³/mol. The summed E-state index contributed by atoms with van der Waals surface area (Å²) >= 11 is 0. The third-order valence-electron chi connectivity index (χ3n) is 5.62. The molecule has 1 N–H and O–H groups in total. The molecule has 1 aromatic carbocycles. The standard InChI is InChI=1S/C22H28N4O2/c1-17-8-10-25(11-9-17)20-5-3-19(4-6-20)24-22(27)18-2-7-21(23-16-18)26-12-14-28-15-13-26/h2-7,16-17H,8-15H2,1H3,(H,24,27). The van der Waals surface area contributed by atoms with E-state index < -0.39 is 0 Å². The van der Waals surface area contributed by atoms with Gasteiger partial charge in [-0.2, -0.15) is 0 Å². The zero-order valence-corrected chi connectivity index (χ0v) is 16.4. The molecule has 0 radical (unpaired) electrons. The normalized spacial score (nSPS) is 18.2. The molecule has 2 aliphatic rings. The van der Waals surface area contributed by atoms with Crippen LogP contribution in [0.15, 0.2) is 42.6 Å². The maximum atomic E-state index is 12.5. The fourth-order valence-electron chi connectivity index (χ4n) is 3.73. The fourth-order valence-corrected chi connectivity index (χ4v) is 3.73. The van der Waals surface area contributed by atoms with Gasteiger partial charge in [0.25, 0.3) is 5.91 Å². The highest BCUT2D eigenvalue weighted by Crippen LogP contribution is 2.24. The summed E-state index contributed by atoms with van der Waals surface area (Å²) in [7, 11) is 0. The Morgan fingerprint density at radius 3 is 2.36 bits per heavy atom. The molecule has 0 atom stereocenters. The molecule has 0 unspecified atom stereocenters. The van der Waals surface area contributed by atoms with E-state index >= 15 is 0 Å². The first-order valence-corrected chi connectivity index (χ1v) is 10.1. The van der Waals surface area contributed by atoms with E-state index in [1.54, 1.807) is 6.20 Å². The predicted octanol–water partition coefficient (Wildman–Crippen LogP) is 3.41. The highest BCUT2D eigenvalue weighted by atomic mass is 16.5. The molecule has 0 aliphatic carbocycles. The number of morpholine rings is 1. The molecule has 1 aromatic heterocycles. The Bertz CT molecular complexity index is 777. The van der Waals surface area contributed by atoms with Gasteiger partial charge in [0.2, 0.25) is 0 Å². The number of hydrogen-bond donors (Lipinski definition) is 1. The molecule has 2 aliphatic heterocycles. The van der Waals surface area contributed by atoms with Crippen LogP contribution < -0.4 is 15.1 Å². The summed E-state index contributed by atoms with van der Waals surface area (Å²) in [6, 6.07) is 11.9. The Kier molecular flexibility index (Phi) is 5.76. The van der Waals surface area contributed by atoms with Crippen LogP contribution in [-0.2, 0) is 4.74 Å². The second-order valence-electron chi connectivity index (χ2n) is 7.68. The van der Waals surface area contributed by atoms with Crippen LogP contribution in [0, 0.1) is 5.92 Å². The molecule has 3 heterocycles. The number of amides is 1. The lowest BCUT2D eigenvalue weighted by Gasteiger charge is -2.32. The van der Waals surface area contributed by atoms with Crippen LogP contribution in [0.1, 0.15) is 30.1 Å². The lowest BCUT2D eigenvalue weighted by Crippen LogP contribution is -2.36. The van der Waals surface area contributed by atoms with Gasteiger partial charge in [-0.1, -0.05) is 6.92 Å². The van der Waals surface area contributed by atoms with Crippen molar-refractivity contribution in [1.82, 2.24) is 4.98 Å². The van der Waals surface area contributed by atoms with Crippen LogP contribution in [0.25, 0.3) is 0 Å². The molecule has 2 saturated heterocycles. The van der Waals surface area contributed by atoms with Gasteiger partial charge in [-0.25, -0.2) is 4.98 Å². The van der Waals surface area contributed by atoms with Crippen LogP contribution in [0.4, 0.5) is 17.2 Å². The smallest absolute Gasteiger partial charge is 0.257 e. The number of hydrogen-bond acceptors (Lipinski definition) is 5. The number of benzene rings is 1. The molecule has 4 rings (SSSR count). The van der Waals surface area contributed by atoms with E-state index in [1.807, 2.05) is 24.3 Å². The minimum absolute atomic E-state index is 0.138. The molecule has 6 nitrogen and oxygen atoms in total. The highest BCUT2D eigenvalue weighted by Gasteiger charge is 2.16. The van der Waals surface area contributed by atoms with Crippen molar-refractivity contribution in [2.45, 2.75) is 19.8 Å². The van der Waals surface area contributed by atoms with Crippen LogP contribution >= 0.6 is 0 Å². The van der Waals surface area contributed by atoms with Gasteiger partial charge in [-0.3, -0.25) is 4.79 Å². The van der Waals surface area contributed by atoms with E-state index in [0.29, 0.717) is 5.56 Å². The molecule has 0 spiro atoms. The third kappa shape index (κ3) is 4.44. The zero-order chi connectivity index (χ0) is 19.3. The highest BCUT2D eigenvalue weighted by molar-refractivity contribution is 6.04. The number of pyridine rings is 1. The Labute approximate surface area is 166 Å². The van der Waals surface area contributed by atoms with E-state index in [1.165, 1.54) is 18.5 Å². The molecule has 0 bridgehead atoms. The van der Waals surface area contributed by atoms with Crippen molar-refractivity contribution in [3.8, 4) is 0 Å². The SMILES string of the molecule is CC1CCN(c2ccc(NC(=O)c3ccc(N4CCOCC4)nc3)cc2)CC1. The first-order valence-electron chi connectivity index (χ1n) is 10.1. The van der Waals surface area contributed by atoms with E-state index in [-0.39, 0.29) is 5.91 Å². The van der Waals surface area contributed by atoms with Crippen molar-refractivity contribution < 1.29 is 9.53 Å². The maximum Gasteiger partial charge on any atom is 0.257 e. The second kappa shape index (κ2) is 8.61. The van der Waals surface area contributed by atoms with Crippen LogP contribution in [-0.4, -0.2) is 50.3 Å². The van der Waals surface area contributed by atoms with Gasteiger partial charge in [0.05, 0.1) is 18.8 Å². The molecule has 1 amide bonds. The van der Waals surface area contributed by atoms with E-state index in [9.17, 15) is 4.79 Å². The lowest BCUT2D eigenvalue weighted by molar-refractivity contribution is 0.102. The number of nitrogens with one attached hydrogen (secondary N) is 1. The summed E-state index contributed by atoms with van der Waals surface area (Å²) < 4.78 is 5.36. The van der Waals surface area contributed by atoms with Gasteiger partial charge in [0.15, 0.2) is 0 Å². The number of aromatic nitrogens is 1. The quantitative estimate of drug-likeness (QED) is 0.881. The topological polar surface area (TPSA) is 57.7 Å². The number of carbonyl (C=O) groups is 1. The average molecular weight is 380 g/mol. The van der Waals surface area contributed by atoms with Gasteiger partial charge in [-0.15, -0.1) is 0 Å². The summed E-state index contributed by atoms with van der Waals surface area (Å²) in [5.41, 5.74) is 2.59. The number of ether oxygens (including phenoxy) is 1. The van der Waals surface area contributed by atoms with Crippen molar-refractivity contribution in [3.63, 3.8) is 0 Å². The van der Waals surface area contributed by atoms with Gasteiger partial charge >= 0.3 is 0 Å². The Morgan fingerprint density at radius 1 is 1.00 bits per heavy atom. The van der Waals surface area contributed by atoms with Gasteiger partial charge in [0.1, 0.15) is 5.82 Å². The Balaban J connectivity index is 1.35. The van der Waals surface area contributed by atoms with E-state index in [2.05, 4.69) is 39.2 Å². The summed E-state index contributed by atoms with van der Waals surface area (Å²) in [6.45, 7) is 7.63. The molecule has 2 aromatic rings. The maximum absolute atomic E-state index is 12.5.